The van der Waals surface area contributed by atoms with E-state index in [0.29, 0.717) is 28.7 Å². The molecule has 166 valence electrons. The molecule has 0 aliphatic carbocycles. The van der Waals surface area contributed by atoms with Crippen molar-refractivity contribution in [2.24, 2.45) is 0 Å². The lowest BCUT2D eigenvalue weighted by Crippen LogP contribution is -2.50. The quantitative estimate of drug-likeness (QED) is 0.469. The minimum atomic E-state index is -0.903. The van der Waals surface area contributed by atoms with Crippen molar-refractivity contribution in [3.63, 3.8) is 0 Å². The van der Waals surface area contributed by atoms with E-state index in [0.717, 1.165) is 5.69 Å². The Morgan fingerprint density at radius 3 is 2.48 bits per heavy atom. The summed E-state index contributed by atoms with van der Waals surface area (Å²) in [5, 5.41) is 4.53. The molecule has 2 amide bonds. The average molecular weight is 444 g/mol. The number of amides is 2. The topological polar surface area (TPSA) is 108 Å². The van der Waals surface area contributed by atoms with Crippen molar-refractivity contribution >= 4 is 11.8 Å². The van der Waals surface area contributed by atoms with Gasteiger partial charge < -0.3 is 13.9 Å². The number of carbonyl (C=O) groups excluding carboxylic acids is 2. The lowest BCUT2D eigenvalue weighted by Gasteiger charge is -2.25. The van der Waals surface area contributed by atoms with E-state index in [9.17, 15) is 9.59 Å². The van der Waals surface area contributed by atoms with Crippen LogP contribution in [0.25, 0.3) is 17.1 Å². The molecule has 1 unspecified atom stereocenters. The van der Waals surface area contributed by atoms with Crippen molar-refractivity contribution in [2.75, 3.05) is 6.61 Å². The van der Waals surface area contributed by atoms with E-state index < -0.39 is 17.9 Å². The van der Waals surface area contributed by atoms with Crippen molar-refractivity contribution in [1.82, 2.24) is 20.6 Å². The van der Waals surface area contributed by atoms with E-state index >= 15 is 0 Å². The fourth-order valence-electron chi connectivity index (χ4n) is 3.41. The van der Waals surface area contributed by atoms with Crippen molar-refractivity contribution in [1.29, 1.82) is 0 Å². The molecule has 1 atom stereocenters. The van der Waals surface area contributed by atoms with Crippen LogP contribution in [0.4, 0.5) is 0 Å². The van der Waals surface area contributed by atoms with E-state index in [-0.39, 0.29) is 12.2 Å². The molecule has 9 nitrogen and oxygen atoms in total. The van der Waals surface area contributed by atoms with Crippen molar-refractivity contribution in [3.8, 4) is 28.6 Å². The maximum atomic E-state index is 13.0. The molecule has 0 saturated carbocycles. The number of fused-ring (bicyclic) bond motifs is 1. The number of nitrogens with one attached hydrogen (secondary N) is 2. The minimum absolute atomic E-state index is 0.0293. The van der Waals surface area contributed by atoms with Gasteiger partial charge in [0.25, 0.3) is 11.8 Å². The van der Waals surface area contributed by atoms with E-state index in [2.05, 4.69) is 16.0 Å². The monoisotopic (exact) mass is 444 g/mol. The molecule has 2 aromatic heterocycles. The van der Waals surface area contributed by atoms with Crippen molar-refractivity contribution < 1.29 is 23.5 Å². The van der Waals surface area contributed by atoms with Gasteiger partial charge in [0.2, 0.25) is 6.10 Å². The zero-order valence-electron chi connectivity index (χ0n) is 17.6. The Hall–Kier alpha value is -4.53. The Kier molecular flexibility index (Phi) is 5.27. The highest BCUT2D eigenvalue weighted by molar-refractivity contribution is 6.00. The van der Waals surface area contributed by atoms with Gasteiger partial charge in [-0.1, -0.05) is 30.3 Å². The van der Waals surface area contributed by atoms with Gasteiger partial charge in [0.15, 0.2) is 17.3 Å². The maximum Gasteiger partial charge on any atom is 0.283 e. The zero-order valence-corrected chi connectivity index (χ0v) is 17.6. The number of rotatable bonds is 4. The van der Waals surface area contributed by atoms with Gasteiger partial charge in [-0.2, -0.15) is 5.10 Å². The van der Waals surface area contributed by atoms with Crippen LogP contribution in [0.2, 0.25) is 0 Å². The first-order valence-electron chi connectivity index (χ1n) is 10.3. The van der Waals surface area contributed by atoms with Gasteiger partial charge in [0, 0.05) is 6.20 Å². The number of hydrazine groups is 1. The molecule has 1 aliphatic rings. The summed E-state index contributed by atoms with van der Waals surface area (Å²) >= 11 is 0. The highest BCUT2D eigenvalue weighted by Crippen LogP contribution is 2.31. The second-order valence-electron chi connectivity index (χ2n) is 7.39. The lowest BCUT2D eigenvalue weighted by atomic mass is 10.2. The van der Waals surface area contributed by atoms with Gasteiger partial charge in [0.05, 0.1) is 11.3 Å². The summed E-state index contributed by atoms with van der Waals surface area (Å²) in [6, 6.07) is 20.0. The lowest BCUT2D eigenvalue weighted by molar-refractivity contribution is -0.131. The number of benzene rings is 2. The summed E-state index contributed by atoms with van der Waals surface area (Å²) in [5.74, 6) is 1.08. The molecule has 0 radical (unpaired) electrons. The molecule has 1 aliphatic heterocycles. The standard InChI is InChI=1S/C24H20N4O5/c1-15-11-12-20(32-15)22-17(13-28(27-22)16-7-3-2-4-8-16)23(29)25-26-24(30)21-14-31-18-9-5-6-10-19(18)33-21/h2-13,21H,14H2,1H3,(H,25,29)(H,26,30). The average Bonchev–Trinajstić information content (AvgIpc) is 3.49. The van der Waals surface area contributed by atoms with Gasteiger partial charge in [-0.15, -0.1) is 0 Å². The number of carbonyl (C=O) groups is 2. The van der Waals surface area contributed by atoms with E-state index in [1.165, 1.54) is 0 Å². The largest absolute Gasteiger partial charge is 0.485 e. The first-order chi connectivity index (χ1) is 16.1. The van der Waals surface area contributed by atoms with Gasteiger partial charge in [-0.05, 0) is 43.3 Å². The number of furan rings is 1. The molecule has 0 bridgehead atoms. The Labute approximate surface area is 188 Å². The molecular formula is C24H20N4O5. The number of nitrogens with zero attached hydrogens (tertiary/aromatic N) is 2. The second-order valence-corrected chi connectivity index (χ2v) is 7.39. The van der Waals surface area contributed by atoms with Crippen LogP contribution in [0.5, 0.6) is 11.5 Å². The number of para-hydroxylation sites is 3. The van der Waals surface area contributed by atoms with Crippen LogP contribution in [0.1, 0.15) is 16.1 Å². The SMILES string of the molecule is Cc1ccc(-c2nn(-c3ccccc3)cc2C(=O)NNC(=O)C2COc3ccccc3O2)o1. The molecule has 33 heavy (non-hydrogen) atoms. The molecule has 5 rings (SSSR count). The van der Waals surface area contributed by atoms with Gasteiger partial charge in [0.1, 0.15) is 18.1 Å². The Morgan fingerprint density at radius 1 is 0.970 bits per heavy atom. The fraction of sp³-hybridized carbons (Fsp3) is 0.125. The Bertz CT molecular complexity index is 1310. The highest BCUT2D eigenvalue weighted by Gasteiger charge is 2.28. The molecule has 3 heterocycles. The number of hydrogen-bond donors (Lipinski definition) is 2. The van der Waals surface area contributed by atoms with E-state index in [4.69, 9.17) is 13.9 Å². The molecule has 9 heteroatoms. The van der Waals surface area contributed by atoms with Crippen LogP contribution in [-0.4, -0.2) is 34.3 Å². The second kappa shape index (κ2) is 8.54. The Morgan fingerprint density at radius 2 is 1.73 bits per heavy atom. The normalized spacial score (nSPS) is 14.5. The molecule has 0 spiro atoms. The number of hydrogen-bond acceptors (Lipinski definition) is 6. The van der Waals surface area contributed by atoms with Gasteiger partial charge in [-0.25, -0.2) is 4.68 Å². The third-order valence-corrected chi connectivity index (χ3v) is 5.05. The Balaban J connectivity index is 1.34. The third-order valence-electron chi connectivity index (χ3n) is 5.05. The summed E-state index contributed by atoms with van der Waals surface area (Å²) in [7, 11) is 0. The molecule has 0 fully saturated rings. The number of aromatic nitrogens is 2. The smallest absolute Gasteiger partial charge is 0.283 e. The summed E-state index contributed by atoms with van der Waals surface area (Å²) in [4.78, 5) is 25.5. The molecule has 2 N–H and O–H groups in total. The first-order valence-corrected chi connectivity index (χ1v) is 10.3. The minimum Gasteiger partial charge on any atom is -0.485 e. The van der Waals surface area contributed by atoms with Crippen LogP contribution >= 0.6 is 0 Å². The van der Waals surface area contributed by atoms with Crippen LogP contribution in [0.3, 0.4) is 0 Å². The van der Waals surface area contributed by atoms with E-state index in [1.807, 2.05) is 43.3 Å². The summed E-state index contributed by atoms with van der Waals surface area (Å²) in [6.45, 7) is 1.84. The van der Waals surface area contributed by atoms with Crippen molar-refractivity contribution in [2.45, 2.75) is 13.0 Å². The number of aryl methyl sites for hydroxylation is 1. The zero-order chi connectivity index (χ0) is 22.8. The summed E-state index contributed by atoms with van der Waals surface area (Å²) in [5.41, 5.74) is 6.20. The van der Waals surface area contributed by atoms with Crippen LogP contribution in [0, 0.1) is 6.92 Å². The van der Waals surface area contributed by atoms with Crippen LogP contribution in [0.15, 0.2) is 77.3 Å². The first kappa shape index (κ1) is 20.4. The molecule has 2 aromatic carbocycles. The van der Waals surface area contributed by atoms with E-state index in [1.54, 1.807) is 41.2 Å². The summed E-state index contributed by atoms with van der Waals surface area (Å²) in [6.07, 6.45) is 0.681. The third kappa shape index (κ3) is 4.16. The van der Waals surface area contributed by atoms with Gasteiger partial charge >= 0.3 is 0 Å². The van der Waals surface area contributed by atoms with Crippen LogP contribution < -0.4 is 20.3 Å². The predicted octanol–water partition coefficient (Wildman–Crippen LogP) is 3.04. The van der Waals surface area contributed by atoms with Crippen molar-refractivity contribution in [3.05, 3.63) is 84.3 Å². The fourth-order valence-corrected chi connectivity index (χ4v) is 3.41. The molecule has 0 saturated heterocycles. The summed E-state index contributed by atoms with van der Waals surface area (Å²) < 4.78 is 18.5. The highest BCUT2D eigenvalue weighted by atomic mass is 16.6. The van der Waals surface area contributed by atoms with Crippen LogP contribution in [-0.2, 0) is 4.79 Å². The van der Waals surface area contributed by atoms with Gasteiger partial charge in [-0.3, -0.25) is 20.4 Å². The predicted molar refractivity (Wildman–Crippen MR) is 118 cm³/mol. The molecule has 4 aromatic rings. The maximum absolute atomic E-state index is 13.0. The number of ether oxygens (including phenoxy) is 2. The molecular weight excluding hydrogens is 424 g/mol.